The molecule has 2 rings (SSSR count). The van der Waals surface area contributed by atoms with Gasteiger partial charge in [0.1, 0.15) is 12.4 Å². The molecule has 0 saturated heterocycles. The van der Waals surface area contributed by atoms with E-state index in [0.717, 1.165) is 5.56 Å². The molecular formula is C16H15F2NO2S. The van der Waals surface area contributed by atoms with Crippen LogP contribution in [0.5, 0.6) is 5.75 Å². The highest BCUT2D eigenvalue weighted by atomic mass is 32.1. The number of ether oxygens (including phenoxy) is 2. The van der Waals surface area contributed by atoms with E-state index < -0.39 is 11.6 Å². The smallest absolute Gasteiger partial charge is 0.260 e. The molecule has 2 aromatic carbocycles. The fourth-order valence-corrected chi connectivity index (χ4v) is 1.97. The van der Waals surface area contributed by atoms with Crippen molar-refractivity contribution < 1.29 is 18.3 Å². The van der Waals surface area contributed by atoms with E-state index in [1.54, 1.807) is 19.1 Å². The Bertz CT molecular complexity index is 692. The molecule has 6 heteroatoms. The maximum absolute atomic E-state index is 14.0. The van der Waals surface area contributed by atoms with Crippen LogP contribution in [0, 0.1) is 18.6 Å². The van der Waals surface area contributed by atoms with E-state index in [0.29, 0.717) is 5.69 Å². The lowest BCUT2D eigenvalue weighted by Crippen LogP contribution is -2.14. The van der Waals surface area contributed by atoms with Crippen molar-refractivity contribution in [2.24, 2.45) is 0 Å². The first-order chi connectivity index (χ1) is 10.5. The van der Waals surface area contributed by atoms with Crippen LogP contribution in [0.3, 0.4) is 0 Å². The van der Waals surface area contributed by atoms with Crippen LogP contribution in [-0.2, 0) is 11.3 Å². The Kier molecular flexibility index (Phi) is 5.27. The predicted molar refractivity (Wildman–Crippen MR) is 85.1 cm³/mol. The third kappa shape index (κ3) is 3.92. The van der Waals surface area contributed by atoms with Gasteiger partial charge in [0, 0.05) is 5.56 Å². The number of nitrogens with one attached hydrogen (secondary N) is 1. The highest BCUT2D eigenvalue weighted by molar-refractivity contribution is 7.80. The van der Waals surface area contributed by atoms with Gasteiger partial charge in [0.2, 0.25) is 0 Å². The van der Waals surface area contributed by atoms with Gasteiger partial charge in [-0.2, -0.15) is 0 Å². The fourth-order valence-electron chi connectivity index (χ4n) is 1.86. The lowest BCUT2D eigenvalue weighted by Gasteiger charge is -2.14. The molecule has 0 heterocycles. The Morgan fingerprint density at radius 1 is 1.18 bits per heavy atom. The lowest BCUT2D eigenvalue weighted by molar-refractivity contribution is 0.285. The Labute approximate surface area is 132 Å². The van der Waals surface area contributed by atoms with Gasteiger partial charge in [-0.1, -0.05) is 12.1 Å². The van der Waals surface area contributed by atoms with Gasteiger partial charge in [-0.15, -0.1) is 0 Å². The second kappa shape index (κ2) is 7.17. The Hall–Kier alpha value is -2.21. The summed E-state index contributed by atoms with van der Waals surface area (Å²) in [5, 5.41) is 2.86. The van der Waals surface area contributed by atoms with Crippen molar-refractivity contribution in [3.63, 3.8) is 0 Å². The highest BCUT2D eigenvalue weighted by Gasteiger charge is 2.12. The first-order valence-corrected chi connectivity index (χ1v) is 6.93. The summed E-state index contributed by atoms with van der Waals surface area (Å²) < 4.78 is 37.9. The van der Waals surface area contributed by atoms with Crippen molar-refractivity contribution >= 4 is 23.1 Å². The molecule has 2 aromatic rings. The molecule has 0 amide bonds. The SMILES string of the molecule is COC(=S)Nc1cccc(F)c1COc1ccc(C)cc1F. The zero-order valence-electron chi connectivity index (χ0n) is 12.2. The molecule has 1 N–H and O–H groups in total. The normalized spacial score (nSPS) is 10.2. The van der Waals surface area contributed by atoms with Gasteiger partial charge in [0.05, 0.1) is 12.8 Å². The Balaban J connectivity index is 2.19. The van der Waals surface area contributed by atoms with E-state index in [4.69, 9.17) is 21.7 Å². The number of methoxy groups -OCH3 is 1. The van der Waals surface area contributed by atoms with Gasteiger partial charge in [-0.3, -0.25) is 0 Å². The highest BCUT2D eigenvalue weighted by Crippen LogP contribution is 2.24. The minimum absolute atomic E-state index is 0.0640. The van der Waals surface area contributed by atoms with Crippen molar-refractivity contribution in [2.45, 2.75) is 13.5 Å². The Morgan fingerprint density at radius 3 is 2.64 bits per heavy atom. The van der Waals surface area contributed by atoms with Crippen molar-refractivity contribution in [2.75, 3.05) is 12.4 Å². The van der Waals surface area contributed by atoms with Crippen LogP contribution in [0.1, 0.15) is 11.1 Å². The molecular weight excluding hydrogens is 308 g/mol. The molecule has 0 aliphatic heterocycles. The van der Waals surface area contributed by atoms with Gasteiger partial charge in [-0.25, -0.2) is 8.78 Å². The minimum Gasteiger partial charge on any atom is -0.486 e. The minimum atomic E-state index is -0.488. The topological polar surface area (TPSA) is 30.5 Å². The van der Waals surface area contributed by atoms with Crippen molar-refractivity contribution in [3.8, 4) is 5.75 Å². The summed E-state index contributed by atoms with van der Waals surface area (Å²) in [6, 6.07) is 9.06. The molecule has 0 spiro atoms. The van der Waals surface area contributed by atoms with Crippen LogP contribution >= 0.6 is 12.2 Å². The van der Waals surface area contributed by atoms with Gasteiger partial charge >= 0.3 is 0 Å². The van der Waals surface area contributed by atoms with E-state index >= 15 is 0 Å². The molecule has 0 aliphatic rings. The van der Waals surface area contributed by atoms with Gasteiger partial charge < -0.3 is 14.8 Å². The Morgan fingerprint density at radius 2 is 1.95 bits per heavy atom. The van der Waals surface area contributed by atoms with Crippen molar-refractivity contribution in [1.29, 1.82) is 0 Å². The monoisotopic (exact) mass is 323 g/mol. The van der Waals surface area contributed by atoms with E-state index in [-0.39, 0.29) is 23.1 Å². The molecule has 0 aliphatic carbocycles. The standard InChI is InChI=1S/C16H15F2NO2S/c1-10-6-7-15(13(18)8-10)21-9-11-12(17)4-3-5-14(11)19-16(22)20-2/h3-8H,9H2,1-2H3,(H,19,22). The second-order valence-corrected chi connectivity index (χ2v) is 4.98. The lowest BCUT2D eigenvalue weighted by atomic mass is 10.1. The zero-order chi connectivity index (χ0) is 16.1. The van der Waals surface area contributed by atoms with Crippen LogP contribution in [0.25, 0.3) is 0 Å². The maximum Gasteiger partial charge on any atom is 0.260 e. The number of anilines is 1. The number of thiocarbonyl (C=S) groups is 1. The summed E-state index contributed by atoms with van der Waals surface area (Å²) in [4.78, 5) is 0. The molecule has 0 fully saturated rings. The summed E-state index contributed by atoms with van der Waals surface area (Å²) in [5.74, 6) is -0.899. The third-order valence-corrected chi connectivity index (χ3v) is 3.27. The van der Waals surface area contributed by atoms with Crippen molar-refractivity contribution in [1.82, 2.24) is 0 Å². The molecule has 0 bridgehead atoms. The van der Waals surface area contributed by atoms with E-state index in [1.165, 1.54) is 31.4 Å². The molecule has 0 radical (unpaired) electrons. The van der Waals surface area contributed by atoms with Crippen LogP contribution in [0.4, 0.5) is 14.5 Å². The average molecular weight is 323 g/mol. The molecule has 116 valence electrons. The largest absolute Gasteiger partial charge is 0.486 e. The van der Waals surface area contributed by atoms with E-state index in [2.05, 4.69) is 5.32 Å². The maximum atomic E-state index is 14.0. The number of benzene rings is 2. The van der Waals surface area contributed by atoms with E-state index in [9.17, 15) is 8.78 Å². The molecule has 22 heavy (non-hydrogen) atoms. The molecule has 0 saturated carbocycles. The van der Waals surface area contributed by atoms with E-state index in [1.807, 2.05) is 0 Å². The zero-order valence-corrected chi connectivity index (χ0v) is 13.0. The van der Waals surface area contributed by atoms with Crippen LogP contribution < -0.4 is 10.1 Å². The first kappa shape index (κ1) is 16.2. The predicted octanol–water partition coefficient (Wildman–Crippen LogP) is 4.20. The summed E-state index contributed by atoms with van der Waals surface area (Å²) in [6.45, 7) is 1.64. The quantitative estimate of drug-likeness (QED) is 0.855. The number of halogens is 2. The summed E-state index contributed by atoms with van der Waals surface area (Å²) in [6.07, 6.45) is 0. The van der Waals surface area contributed by atoms with Crippen LogP contribution in [0.15, 0.2) is 36.4 Å². The molecule has 0 atom stereocenters. The molecule has 3 nitrogen and oxygen atoms in total. The van der Waals surface area contributed by atoms with Crippen molar-refractivity contribution in [3.05, 3.63) is 59.2 Å². The van der Waals surface area contributed by atoms with Gasteiger partial charge in [0.15, 0.2) is 11.6 Å². The van der Waals surface area contributed by atoms with Gasteiger partial charge in [-0.05, 0) is 49.0 Å². The van der Waals surface area contributed by atoms with Crippen LogP contribution in [0.2, 0.25) is 0 Å². The average Bonchev–Trinajstić information content (AvgIpc) is 2.48. The fraction of sp³-hybridized carbons (Fsp3) is 0.188. The molecule has 0 unspecified atom stereocenters. The van der Waals surface area contributed by atoms with Crippen LogP contribution in [-0.4, -0.2) is 12.3 Å². The summed E-state index contributed by atoms with van der Waals surface area (Å²) in [5.41, 5.74) is 1.43. The number of rotatable bonds is 4. The summed E-state index contributed by atoms with van der Waals surface area (Å²) >= 11 is 4.90. The van der Waals surface area contributed by atoms with Gasteiger partial charge in [0.25, 0.3) is 5.17 Å². The molecule has 0 aromatic heterocycles. The summed E-state index contributed by atoms with van der Waals surface area (Å²) in [7, 11) is 1.41. The first-order valence-electron chi connectivity index (χ1n) is 6.52. The second-order valence-electron chi connectivity index (χ2n) is 4.61. The number of hydrogen-bond acceptors (Lipinski definition) is 3. The number of aryl methyl sites for hydroxylation is 1. The third-order valence-electron chi connectivity index (χ3n) is 3.00. The number of hydrogen-bond donors (Lipinski definition) is 1.